The number of pyridine rings is 1. The van der Waals surface area contributed by atoms with E-state index in [1.807, 2.05) is 0 Å². The van der Waals surface area contributed by atoms with Gasteiger partial charge in [0.05, 0.1) is 5.69 Å². The maximum Gasteiger partial charge on any atom is 0.303 e. The number of hydrogen-bond acceptors (Lipinski definition) is 2. The van der Waals surface area contributed by atoms with Crippen LogP contribution >= 0.6 is 0 Å². The van der Waals surface area contributed by atoms with Crippen molar-refractivity contribution in [3.8, 4) is 11.3 Å². The summed E-state index contributed by atoms with van der Waals surface area (Å²) in [5, 5.41) is 8.57. The van der Waals surface area contributed by atoms with E-state index in [9.17, 15) is 9.18 Å². The van der Waals surface area contributed by atoms with Crippen molar-refractivity contribution in [1.82, 2.24) is 4.98 Å². The Bertz CT molecular complexity index is 552. The predicted molar refractivity (Wildman–Crippen MR) is 65.6 cm³/mol. The Morgan fingerprint density at radius 2 is 2.00 bits per heavy atom. The molecule has 1 N–H and O–H groups in total. The summed E-state index contributed by atoms with van der Waals surface area (Å²) in [4.78, 5) is 14.6. The highest BCUT2D eigenvalue weighted by molar-refractivity contribution is 5.67. The molecule has 1 heterocycles. The highest BCUT2D eigenvalue weighted by Crippen LogP contribution is 2.20. The second-order valence-electron chi connectivity index (χ2n) is 3.93. The second-order valence-corrected chi connectivity index (χ2v) is 3.93. The lowest BCUT2D eigenvalue weighted by Crippen LogP contribution is -1.98. The first-order valence-electron chi connectivity index (χ1n) is 5.58. The lowest BCUT2D eigenvalue weighted by atomic mass is 10.1. The molecule has 0 radical (unpaired) electrons. The number of carboxylic acid groups (broad SMARTS) is 1. The molecule has 0 fully saturated rings. The van der Waals surface area contributed by atoms with Gasteiger partial charge in [-0.15, -0.1) is 0 Å². The van der Waals surface area contributed by atoms with Gasteiger partial charge in [0, 0.05) is 18.2 Å². The third kappa shape index (κ3) is 2.91. The molecule has 1 aromatic heterocycles. The maximum absolute atomic E-state index is 13.5. The highest BCUT2D eigenvalue weighted by atomic mass is 19.1. The minimum atomic E-state index is -0.840. The van der Waals surface area contributed by atoms with E-state index < -0.39 is 5.97 Å². The first-order valence-corrected chi connectivity index (χ1v) is 5.58. The minimum absolute atomic E-state index is 0.0702. The van der Waals surface area contributed by atoms with Crippen LogP contribution in [0.1, 0.15) is 12.0 Å². The molecule has 92 valence electrons. The second kappa shape index (κ2) is 5.40. The maximum atomic E-state index is 13.5. The number of aliphatic carboxylic acids is 1. The number of nitrogens with zero attached hydrogens (tertiary/aromatic N) is 1. The van der Waals surface area contributed by atoms with Crippen LogP contribution in [-0.2, 0) is 11.2 Å². The number of benzene rings is 1. The third-order valence-corrected chi connectivity index (χ3v) is 2.60. The summed E-state index contributed by atoms with van der Waals surface area (Å²) in [6, 6.07) is 9.90. The van der Waals surface area contributed by atoms with Crippen LogP contribution in [0.2, 0.25) is 0 Å². The van der Waals surface area contributed by atoms with Gasteiger partial charge in [0.1, 0.15) is 5.82 Å². The molecule has 0 aliphatic rings. The molecule has 0 amide bonds. The number of carboxylic acids is 1. The van der Waals surface area contributed by atoms with E-state index in [1.165, 1.54) is 6.07 Å². The van der Waals surface area contributed by atoms with E-state index in [4.69, 9.17) is 5.11 Å². The summed E-state index contributed by atoms with van der Waals surface area (Å²) in [5.41, 5.74) is 1.83. The molecule has 18 heavy (non-hydrogen) atoms. The molecule has 0 saturated heterocycles. The predicted octanol–water partition coefficient (Wildman–Crippen LogP) is 2.90. The average Bonchev–Trinajstić information content (AvgIpc) is 2.38. The van der Waals surface area contributed by atoms with Crippen LogP contribution in [0.25, 0.3) is 11.3 Å². The zero-order valence-corrected chi connectivity index (χ0v) is 9.64. The van der Waals surface area contributed by atoms with Gasteiger partial charge in [-0.1, -0.05) is 18.2 Å². The lowest BCUT2D eigenvalue weighted by molar-refractivity contribution is -0.136. The van der Waals surface area contributed by atoms with E-state index in [2.05, 4.69) is 4.98 Å². The van der Waals surface area contributed by atoms with Crippen molar-refractivity contribution in [2.24, 2.45) is 0 Å². The zero-order chi connectivity index (χ0) is 13.0. The van der Waals surface area contributed by atoms with Gasteiger partial charge in [0.25, 0.3) is 0 Å². The van der Waals surface area contributed by atoms with Crippen molar-refractivity contribution in [3.05, 3.63) is 54.0 Å². The van der Waals surface area contributed by atoms with Crippen molar-refractivity contribution in [3.63, 3.8) is 0 Å². The first-order chi connectivity index (χ1) is 8.66. The number of halogens is 1. The Kier molecular flexibility index (Phi) is 3.67. The Balaban J connectivity index is 2.17. The topological polar surface area (TPSA) is 50.2 Å². The van der Waals surface area contributed by atoms with Crippen molar-refractivity contribution in [2.45, 2.75) is 12.8 Å². The van der Waals surface area contributed by atoms with Gasteiger partial charge in [0.15, 0.2) is 0 Å². The Morgan fingerprint density at radius 3 is 2.61 bits per heavy atom. The van der Waals surface area contributed by atoms with Crippen molar-refractivity contribution in [1.29, 1.82) is 0 Å². The van der Waals surface area contributed by atoms with Crippen LogP contribution in [0, 0.1) is 5.82 Å². The van der Waals surface area contributed by atoms with Crippen LogP contribution in [0.15, 0.2) is 42.6 Å². The van der Waals surface area contributed by atoms with Crippen molar-refractivity contribution < 1.29 is 14.3 Å². The lowest BCUT2D eigenvalue weighted by Gasteiger charge is -2.03. The summed E-state index contributed by atoms with van der Waals surface area (Å²) >= 11 is 0. The first kappa shape index (κ1) is 12.2. The number of aryl methyl sites for hydroxylation is 1. The molecule has 0 bridgehead atoms. The molecule has 0 spiro atoms. The summed E-state index contributed by atoms with van der Waals surface area (Å²) in [6.45, 7) is 0. The summed E-state index contributed by atoms with van der Waals surface area (Å²) in [5.74, 6) is -1.16. The quantitative estimate of drug-likeness (QED) is 0.901. The van der Waals surface area contributed by atoms with E-state index >= 15 is 0 Å². The molecular formula is C14H12FNO2. The average molecular weight is 245 g/mol. The van der Waals surface area contributed by atoms with Gasteiger partial charge >= 0.3 is 5.97 Å². The van der Waals surface area contributed by atoms with E-state index in [0.717, 1.165) is 5.56 Å². The van der Waals surface area contributed by atoms with Gasteiger partial charge in [-0.25, -0.2) is 4.39 Å². The molecule has 0 saturated carbocycles. The van der Waals surface area contributed by atoms with E-state index in [0.29, 0.717) is 17.7 Å². The molecule has 4 heteroatoms. The monoisotopic (exact) mass is 245 g/mol. The smallest absolute Gasteiger partial charge is 0.303 e. The van der Waals surface area contributed by atoms with E-state index in [1.54, 1.807) is 36.5 Å². The van der Waals surface area contributed by atoms with Crippen LogP contribution in [0.3, 0.4) is 0 Å². The molecule has 0 unspecified atom stereocenters. The third-order valence-electron chi connectivity index (χ3n) is 2.60. The van der Waals surface area contributed by atoms with Gasteiger partial charge < -0.3 is 5.11 Å². The SMILES string of the molecule is O=C(O)CCc1ccc(-c2ccccc2F)nc1. The minimum Gasteiger partial charge on any atom is -0.481 e. The number of aromatic nitrogens is 1. The number of hydrogen-bond donors (Lipinski definition) is 1. The molecule has 0 atom stereocenters. The van der Waals surface area contributed by atoms with Crippen LogP contribution in [0.4, 0.5) is 4.39 Å². The summed E-state index contributed by atoms with van der Waals surface area (Å²) in [6.07, 6.45) is 2.09. The fourth-order valence-electron chi connectivity index (χ4n) is 1.65. The summed E-state index contributed by atoms with van der Waals surface area (Å²) < 4.78 is 13.5. The molecule has 0 aliphatic heterocycles. The largest absolute Gasteiger partial charge is 0.481 e. The molecule has 3 nitrogen and oxygen atoms in total. The molecule has 1 aromatic carbocycles. The fourth-order valence-corrected chi connectivity index (χ4v) is 1.65. The molecular weight excluding hydrogens is 233 g/mol. The van der Waals surface area contributed by atoms with Crippen LogP contribution < -0.4 is 0 Å². The normalized spacial score (nSPS) is 10.3. The van der Waals surface area contributed by atoms with Crippen molar-refractivity contribution in [2.75, 3.05) is 0 Å². The van der Waals surface area contributed by atoms with Gasteiger partial charge in [0.2, 0.25) is 0 Å². The van der Waals surface area contributed by atoms with Crippen LogP contribution in [0.5, 0.6) is 0 Å². The van der Waals surface area contributed by atoms with Gasteiger partial charge in [-0.05, 0) is 30.2 Å². The van der Waals surface area contributed by atoms with Gasteiger partial charge in [-0.2, -0.15) is 0 Å². The Labute approximate surface area is 104 Å². The summed E-state index contributed by atoms with van der Waals surface area (Å²) in [7, 11) is 0. The van der Waals surface area contributed by atoms with Gasteiger partial charge in [-0.3, -0.25) is 9.78 Å². The molecule has 2 rings (SSSR count). The van der Waals surface area contributed by atoms with Crippen LogP contribution in [-0.4, -0.2) is 16.1 Å². The van der Waals surface area contributed by atoms with E-state index in [-0.39, 0.29) is 12.2 Å². The Hall–Kier alpha value is -2.23. The van der Waals surface area contributed by atoms with Crippen molar-refractivity contribution >= 4 is 5.97 Å². The Morgan fingerprint density at radius 1 is 1.22 bits per heavy atom. The zero-order valence-electron chi connectivity index (χ0n) is 9.64. The number of carbonyl (C=O) groups is 1. The molecule has 2 aromatic rings. The molecule has 0 aliphatic carbocycles. The highest BCUT2D eigenvalue weighted by Gasteiger charge is 2.05. The fraction of sp³-hybridized carbons (Fsp3) is 0.143. The standard InChI is InChI=1S/C14H12FNO2/c15-12-4-2-1-3-11(12)13-7-5-10(9-16-13)6-8-14(17)18/h1-5,7,9H,6,8H2,(H,17,18). The number of rotatable bonds is 4.